The summed E-state index contributed by atoms with van der Waals surface area (Å²) >= 11 is 0.170. The molecule has 0 bridgehead atoms. The zero-order valence-corrected chi connectivity index (χ0v) is 16.7. The average molecular weight is 401 g/mol. The van der Waals surface area contributed by atoms with Gasteiger partial charge in [0.05, 0.1) is 0 Å². The van der Waals surface area contributed by atoms with Crippen LogP contribution in [-0.2, 0) is 13.6 Å². The van der Waals surface area contributed by atoms with Gasteiger partial charge in [0.2, 0.25) is 0 Å². The third kappa shape index (κ3) is 5.59. The zero-order chi connectivity index (χ0) is 16.5. The summed E-state index contributed by atoms with van der Waals surface area (Å²) < 4.78 is 26.7. The van der Waals surface area contributed by atoms with E-state index in [0.717, 1.165) is 18.2 Å². The van der Waals surface area contributed by atoms with E-state index in [0.29, 0.717) is 13.2 Å². The van der Waals surface area contributed by atoms with Gasteiger partial charge in [-0.2, -0.15) is 0 Å². The molecule has 0 amide bonds. The molecule has 1 unspecified atom stereocenters. The van der Waals surface area contributed by atoms with Gasteiger partial charge in [-0.15, -0.1) is 0 Å². The predicted molar refractivity (Wildman–Crippen MR) is 97.4 cm³/mol. The standard InChI is InChI=1S/C18H27O3PSe/c1-3-5-6-7-11-14-17-18(15-21-22(17,19)20-4-2)23-16-12-9-8-10-13-16/h8-10,12-13H,3-7,11,14-15H2,1-2H3. The molecule has 1 heterocycles. The average Bonchev–Trinajstić information content (AvgIpc) is 2.85. The van der Waals surface area contributed by atoms with Crippen LogP contribution in [-0.4, -0.2) is 28.2 Å². The van der Waals surface area contributed by atoms with Crippen LogP contribution in [0.1, 0.15) is 52.4 Å². The van der Waals surface area contributed by atoms with Gasteiger partial charge in [0.1, 0.15) is 0 Å². The molecule has 0 fully saturated rings. The fourth-order valence-corrected chi connectivity index (χ4v) is 7.52. The molecule has 0 N–H and O–H groups in total. The van der Waals surface area contributed by atoms with Crippen molar-refractivity contribution in [2.24, 2.45) is 0 Å². The SMILES string of the molecule is CCCCCCCC1=C([Se]c2ccccc2)COP1(=O)OCC. The molecule has 5 heteroatoms. The molecular weight excluding hydrogens is 374 g/mol. The van der Waals surface area contributed by atoms with E-state index in [4.69, 9.17) is 9.05 Å². The molecule has 1 aliphatic heterocycles. The maximum absolute atomic E-state index is 13.0. The topological polar surface area (TPSA) is 35.5 Å². The Bertz CT molecular complexity index is 557. The van der Waals surface area contributed by atoms with Gasteiger partial charge in [-0.05, 0) is 0 Å². The molecule has 3 nitrogen and oxygen atoms in total. The first kappa shape index (κ1) is 19.0. The van der Waals surface area contributed by atoms with Gasteiger partial charge in [0.15, 0.2) is 0 Å². The molecule has 0 radical (unpaired) electrons. The summed E-state index contributed by atoms with van der Waals surface area (Å²) in [7, 11) is -3.03. The Morgan fingerprint density at radius 2 is 1.87 bits per heavy atom. The van der Waals surface area contributed by atoms with E-state index in [9.17, 15) is 4.57 Å². The third-order valence-electron chi connectivity index (χ3n) is 3.82. The summed E-state index contributed by atoms with van der Waals surface area (Å²) in [6, 6.07) is 10.4. The minimum absolute atomic E-state index is 0.170. The van der Waals surface area contributed by atoms with E-state index in [1.807, 2.05) is 13.0 Å². The Morgan fingerprint density at radius 1 is 1.13 bits per heavy atom. The molecule has 1 aromatic rings. The monoisotopic (exact) mass is 402 g/mol. The number of rotatable bonds is 10. The second kappa shape index (κ2) is 9.81. The minimum atomic E-state index is -3.03. The molecule has 1 atom stereocenters. The Balaban J connectivity index is 2.08. The van der Waals surface area contributed by atoms with Crippen LogP contribution in [0.2, 0.25) is 0 Å². The van der Waals surface area contributed by atoms with Gasteiger partial charge in [-0.25, -0.2) is 0 Å². The Kier molecular flexibility index (Phi) is 8.09. The summed E-state index contributed by atoms with van der Waals surface area (Å²) in [4.78, 5) is 0. The van der Waals surface area contributed by atoms with Gasteiger partial charge in [0.25, 0.3) is 0 Å². The molecule has 1 aromatic carbocycles. The first-order valence-electron chi connectivity index (χ1n) is 8.54. The molecular formula is C18H27O3PSe. The summed E-state index contributed by atoms with van der Waals surface area (Å²) in [5.41, 5.74) is 0. The molecule has 0 aliphatic carbocycles. The van der Waals surface area contributed by atoms with Crippen molar-refractivity contribution < 1.29 is 13.6 Å². The maximum atomic E-state index is 13.0. The van der Waals surface area contributed by atoms with Gasteiger partial charge < -0.3 is 0 Å². The van der Waals surface area contributed by atoms with E-state index >= 15 is 0 Å². The van der Waals surface area contributed by atoms with E-state index in [2.05, 4.69) is 31.2 Å². The fourth-order valence-electron chi connectivity index (χ4n) is 2.63. The van der Waals surface area contributed by atoms with Crippen LogP contribution in [0.25, 0.3) is 0 Å². The van der Waals surface area contributed by atoms with Crippen molar-refractivity contribution in [3.8, 4) is 0 Å². The number of hydrogen-bond donors (Lipinski definition) is 0. The van der Waals surface area contributed by atoms with E-state index in [1.54, 1.807) is 0 Å². The predicted octanol–water partition coefficient (Wildman–Crippen LogP) is 4.85. The Morgan fingerprint density at radius 3 is 2.57 bits per heavy atom. The summed E-state index contributed by atoms with van der Waals surface area (Å²) in [5, 5.41) is 0.972. The number of benzene rings is 1. The van der Waals surface area contributed by atoms with Gasteiger partial charge in [-0.3, -0.25) is 0 Å². The van der Waals surface area contributed by atoms with Gasteiger partial charge >= 0.3 is 146 Å². The fraction of sp³-hybridized carbons (Fsp3) is 0.556. The van der Waals surface area contributed by atoms with Crippen molar-refractivity contribution in [3.63, 3.8) is 0 Å². The van der Waals surface area contributed by atoms with Crippen LogP contribution in [0.3, 0.4) is 0 Å². The molecule has 1 aliphatic rings. The van der Waals surface area contributed by atoms with E-state index in [1.165, 1.54) is 34.6 Å². The third-order valence-corrected chi connectivity index (χ3v) is 8.73. The number of hydrogen-bond acceptors (Lipinski definition) is 3. The summed E-state index contributed by atoms with van der Waals surface area (Å²) in [5.74, 6) is 0. The van der Waals surface area contributed by atoms with Gasteiger partial charge in [-0.1, -0.05) is 0 Å². The summed E-state index contributed by atoms with van der Waals surface area (Å²) in [6.45, 7) is 5.00. The normalized spacial score (nSPS) is 21.1. The Labute approximate surface area is 146 Å². The molecule has 0 saturated heterocycles. The van der Waals surface area contributed by atoms with Crippen molar-refractivity contribution in [2.45, 2.75) is 52.4 Å². The quantitative estimate of drug-likeness (QED) is 0.320. The van der Waals surface area contributed by atoms with Crippen LogP contribution in [0.15, 0.2) is 40.1 Å². The van der Waals surface area contributed by atoms with Crippen molar-refractivity contribution in [1.29, 1.82) is 0 Å². The molecule has 23 heavy (non-hydrogen) atoms. The van der Waals surface area contributed by atoms with Crippen LogP contribution >= 0.6 is 7.60 Å². The van der Waals surface area contributed by atoms with Crippen LogP contribution in [0, 0.1) is 0 Å². The second-order valence-corrected chi connectivity index (χ2v) is 10.1. The Hall–Kier alpha value is -0.371. The first-order chi connectivity index (χ1) is 11.2. The van der Waals surface area contributed by atoms with Crippen molar-refractivity contribution in [3.05, 3.63) is 40.1 Å². The van der Waals surface area contributed by atoms with Crippen LogP contribution < -0.4 is 4.46 Å². The second-order valence-electron chi connectivity index (χ2n) is 5.64. The van der Waals surface area contributed by atoms with E-state index in [-0.39, 0.29) is 15.0 Å². The van der Waals surface area contributed by atoms with Crippen molar-refractivity contribution in [1.82, 2.24) is 0 Å². The number of unbranched alkanes of at least 4 members (excludes halogenated alkanes) is 4. The van der Waals surface area contributed by atoms with Crippen molar-refractivity contribution >= 4 is 27.0 Å². The van der Waals surface area contributed by atoms with Crippen LogP contribution in [0.5, 0.6) is 0 Å². The molecule has 128 valence electrons. The zero-order valence-electron chi connectivity index (χ0n) is 14.1. The van der Waals surface area contributed by atoms with Gasteiger partial charge in [0, 0.05) is 0 Å². The first-order valence-corrected chi connectivity index (χ1v) is 11.8. The molecule has 2 rings (SSSR count). The van der Waals surface area contributed by atoms with Crippen molar-refractivity contribution in [2.75, 3.05) is 13.2 Å². The molecule has 0 aromatic heterocycles. The molecule has 0 saturated carbocycles. The number of allylic oxidation sites excluding steroid dienone is 1. The molecule has 0 spiro atoms. The summed E-state index contributed by atoms with van der Waals surface area (Å²) in [6.07, 6.45) is 6.89. The van der Waals surface area contributed by atoms with E-state index < -0.39 is 7.60 Å². The van der Waals surface area contributed by atoms with Crippen LogP contribution in [0.4, 0.5) is 0 Å².